The Morgan fingerprint density at radius 2 is 1.45 bits per heavy atom. The summed E-state index contributed by atoms with van der Waals surface area (Å²) in [7, 11) is 0. The highest BCUT2D eigenvalue weighted by molar-refractivity contribution is 7.99. The molecular formula is C44H50N6O8S2. The number of nitrogens with zero attached hydrogens (tertiary/aromatic N) is 6. The van der Waals surface area contributed by atoms with Crippen molar-refractivity contribution in [1.82, 2.24) is 28.9 Å². The predicted octanol–water partition coefficient (Wildman–Crippen LogP) is 8.40. The highest BCUT2D eigenvalue weighted by atomic mass is 32.2. The number of amides is 2. The number of aliphatic carboxylic acids is 2. The van der Waals surface area contributed by atoms with Crippen LogP contribution in [-0.2, 0) is 34.0 Å². The number of carboxylic acid groups (broad SMARTS) is 2. The Morgan fingerprint density at radius 1 is 0.817 bits per heavy atom. The molecular weight excluding hydrogens is 805 g/mol. The molecule has 3 aromatic carbocycles. The van der Waals surface area contributed by atoms with Gasteiger partial charge in [0.15, 0.2) is 16.1 Å². The van der Waals surface area contributed by atoms with Crippen LogP contribution in [0.2, 0.25) is 0 Å². The molecule has 3 aromatic heterocycles. The van der Waals surface area contributed by atoms with Gasteiger partial charge in [-0.25, -0.2) is 14.8 Å². The van der Waals surface area contributed by atoms with Gasteiger partial charge in [0.2, 0.25) is 0 Å². The Morgan fingerprint density at radius 3 is 2.07 bits per heavy atom. The van der Waals surface area contributed by atoms with E-state index in [0.717, 1.165) is 72.0 Å². The molecule has 0 aliphatic carbocycles. The average molecular weight is 855 g/mol. The van der Waals surface area contributed by atoms with Crippen LogP contribution in [0, 0.1) is 5.92 Å². The summed E-state index contributed by atoms with van der Waals surface area (Å²) >= 11 is 3.07. The van der Waals surface area contributed by atoms with E-state index in [0.29, 0.717) is 54.0 Å². The first-order chi connectivity index (χ1) is 29.2. The van der Waals surface area contributed by atoms with E-state index in [1.54, 1.807) is 37.9 Å². The molecule has 7 rings (SSSR count). The number of carboxylic acids is 2. The number of benzene rings is 3. The number of likely N-dealkylation sites (tertiary alicyclic amines) is 1. The first kappa shape index (κ1) is 43.8. The minimum Gasteiger partial charge on any atom is -0.480 e. The number of para-hydroxylation sites is 4. The number of imidazole rings is 2. The molecule has 4 heterocycles. The third-order valence-corrected chi connectivity index (χ3v) is 12.1. The molecule has 6 aromatic rings. The lowest BCUT2D eigenvalue weighted by Crippen LogP contribution is -2.40. The fourth-order valence-corrected chi connectivity index (χ4v) is 8.97. The SMILES string of the molecule is CCCCOC(=O)N(CCCSc1nc2ccccc2n1CC(=O)O)Cc1ccccc1.O=C(O)Cn1c(SCC2CCCN(C(=O)c3ccco3)C2)nc2ccccc21. The second-order valence-corrected chi connectivity index (χ2v) is 16.4. The zero-order chi connectivity index (χ0) is 42.3. The standard InChI is InChI=1S/C24H29N3O4S.C20H21N3O4S/c1-2-3-15-31-24(30)26(17-19-10-5-4-6-11-19)14-9-16-32-23-25-20-12-7-8-13-21(20)27(23)18-22(28)29;24-18(25)12-23-16-7-2-1-6-15(16)21-20(23)28-13-14-5-3-9-22(11-14)19(26)17-8-4-10-27-17/h4-8,10-13H,2-3,9,14-18H2,1H3,(H,28,29);1-2,4,6-8,10,14H,3,5,9,11-13H2,(H,24,25). The summed E-state index contributed by atoms with van der Waals surface area (Å²) < 4.78 is 14.1. The van der Waals surface area contributed by atoms with Crippen LogP contribution in [0.3, 0.4) is 0 Å². The van der Waals surface area contributed by atoms with Gasteiger partial charge in [0.1, 0.15) is 13.1 Å². The Balaban J connectivity index is 0.000000203. The largest absolute Gasteiger partial charge is 0.480 e. The second kappa shape index (κ2) is 22.0. The highest BCUT2D eigenvalue weighted by Crippen LogP contribution is 2.29. The monoisotopic (exact) mass is 854 g/mol. The van der Waals surface area contributed by atoms with Gasteiger partial charge in [-0.2, -0.15) is 0 Å². The predicted molar refractivity (Wildman–Crippen MR) is 231 cm³/mol. The molecule has 1 atom stereocenters. The van der Waals surface area contributed by atoms with E-state index in [9.17, 15) is 29.4 Å². The molecule has 0 radical (unpaired) electrons. The number of furan rings is 1. The van der Waals surface area contributed by atoms with Crippen LogP contribution in [0.4, 0.5) is 4.79 Å². The molecule has 1 aliphatic rings. The lowest BCUT2D eigenvalue weighted by atomic mass is 10.00. The molecule has 1 fully saturated rings. The van der Waals surface area contributed by atoms with Crippen molar-refractivity contribution >= 4 is 69.5 Å². The van der Waals surface area contributed by atoms with Crippen molar-refractivity contribution in [3.05, 3.63) is 109 Å². The fourth-order valence-electron chi connectivity index (χ4n) is 6.89. The van der Waals surface area contributed by atoms with Crippen molar-refractivity contribution in [3.8, 4) is 0 Å². The van der Waals surface area contributed by atoms with Gasteiger partial charge in [-0.1, -0.05) is 91.5 Å². The minimum atomic E-state index is -0.904. The molecule has 14 nitrogen and oxygen atoms in total. The third-order valence-electron chi connectivity index (χ3n) is 9.81. The van der Waals surface area contributed by atoms with E-state index in [4.69, 9.17) is 9.15 Å². The van der Waals surface area contributed by atoms with Crippen LogP contribution in [0.5, 0.6) is 0 Å². The van der Waals surface area contributed by atoms with E-state index in [-0.39, 0.29) is 25.1 Å². The van der Waals surface area contributed by atoms with Gasteiger partial charge < -0.3 is 38.3 Å². The average Bonchev–Trinajstić information content (AvgIpc) is 4.00. The van der Waals surface area contributed by atoms with Crippen LogP contribution >= 0.6 is 23.5 Å². The number of thioether (sulfide) groups is 2. The van der Waals surface area contributed by atoms with Gasteiger partial charge in [-0.05, 0) is 73.6 Å². The number of hydrogen-bond acceptors (Lipinski definition) is 10. The lowest BCUT2D eigenvalue weighted by Gasteiger charge is -2.32. The summed E-state index contributed by atoms with van der Waals surface area (Å²) in [4.78, 5) is 60.5. The van der Waals surface area contributed by atoms with Crippen LogP contribution in [0.1, 0.15) is 55.1 Å². The molecule has 60 heavy (non-hydrogen) atoms. The van der Waals surface area contributed by atoms with Crippen LogP contribution in [-0.4, -0.2) is 101 Å². The molecule has 0 spiro atoms. The maximum atomic E-state index is 12.6. The fraction of sp³-hybridized carbons (Fsp3) is 0.364. The Kier molecular flexibility index (Phi) is 16.1. The molecule has 2 amide bonds. The molecule has 1 saturated heterocycles. The Labute approximate surface area is 356 Å². The van der Waals surface area contributed by atoms with Crippen LogP contribution in [0.15, 0.2) is 112 Å². The highest BCUT2D eigenvalue weighted by Gasteiger charge is 2.27. The number of carbonyl (C=O) groups excluding carboxylic acids is 2. The second-order valence-electron chi connectivity index (χ2n) is 14.4. The van der Waals surface area contributed by atoms with E-state index in [1.807, 2.05) is 83.8 Å². The number of carbonyl (C=O) groups is 4. The van der Waals surface area contributed by atoms with E-state index >= 15 is 0 Å². The van der Waals surface area contributed by atoms with Crippen molar-refractivity contribution in [2.45, 2.75) is 69.0 Å². The van der Waals surface area contributed by atoms with Crippen molar-refractivity contribution < 1.29 is 38.5 Å². The molecule has 2 N–H and O–H groups in total. The number of fused-ring (bicyclic) bond motifs is 2. The number of rotatable bonds is 18. The van der Waals surface area contributed by atoms with Crippen LogP contribution in [0.25, 0.3) is 22.1 Å². The van der Waals surface area contributed by atoms with Gasteiger partial charge >= 0.3 is 18.0 Å². The third kappa shape index (κ3) is 12.2. The quantitative estimate of drug-likeness (QED) is 0.0626. The number of piperidine rings is 1. The number of unbranched alkanes of at least 4 members (excludes halogenated alkanes) is 1. The van der Waals surface area contributed by atoms with E-state index in [2.05, 4.69) is 16.9 Å². The van der Waals surface area contributed by atoms with Crippen molar-refractivity contribution in [3.63, 3.8) is 0 Å². The van der Waals surface area contributed by atoms with Gasteiger partial charge in [0, 0.05) is 37.7 Å². The van der Waals surface area contributed by atoms with Gasteiger partial charge in [-0.3, -0.25) is 14.4 Å². The summed E-state index contributed by atoms with van der Waals surface area (Å²) in [5.74, 6) is 0.323. The normalized spacial score (nSPS) is 13.8. The summed E-state index contributed by atoms with van der Waals surface area (Å²) in [6.07, 6.45) is 5.75. The van der Waals surface area contributed by atoms with Crippen molar-refractivity contribution in [1.29, 1.82) is 0 Å². The van der Waals surface area contributed by atoms with Gasteiger partial charge in [0.05, 0.1) is 34.9 Å². The Bertz CT molecular complexity index is 2330. The molecule has 1 aliphatic heterocycles. The zero-order valence-corrected chi connectivity index (χ0v) is 35.2. The lowest BCUT2D eigenvalue weighted by molar-refractivity contribution is -0.138. The zero-order valence-electron chi connectivity index (χ0n) is 33.6. The smallest absolute Gasteiger partial charge is 0.410 e. The van der Waals surface area contributed by atoms with E-state index in [1.165, 1.54) is 18.0 Å². The van der Waals surface area contributed by atoms with Crippen molar-refractivity contribution in [2.75, 3.05) is 37.7 Å². The first-order valence-corrected chi connectivity index (χ1v) is 22.0. The Hall–Kier alpha value is -5.74. The molecule has 316 valence electrons. The number of aromatic nitrogens is 4. The van der Waals surface area contributed by atoms with E-state index < -0.39 is 11.9 Å². The minimum absolute atomic E-state index is 0.0715. The summed E-state index contributed by atoms with van der Waals surface area (Å²) in [5.41, 5.74) is 4.26. The molecule has 1 unspecified atom stereocenters. The first-order valence-electron chi connectivity index (χ1n) is 20.1. The molecule has 16 heteroatoms. The summed E-state index contributed by atoms with van der Waals surface area (Å²) in [6, 6.07) is 28.4. The van der Waals surface area contributed by atoms with Crippen molar-refractivity contribution in [2.24, 2.45) is 5.92 Å². The summed E-state index contributed by atoms with van der Waals surface area (Å²) in [5, 5.41) is 19.9. The maximum Gasteiger partial charge on any atom is 0.410 e. The summed E-state index contributed by atoms with van der Waals surface area (Å²) in [6.45, 7) is 4.69. The number of hydrogen-bond donors (Lipinski definition) is 2. The van der Waals surface area contributed by atoms with Crippen LogP contribution < -0.4 is 0 Å². The topological polar surface area (TPSA) is 173 Å². The maximum absolute atomic E-state index is 12.6. The van der Waals surface area contributed by atoms with Gasteiger partial charge in [0.25, 0.3) is 5.91 Å². The van der Waals surface area contributed by atoms with Gasteiger partial charge in [-0.15, -0.1) is 0 Å². The molecule has 0 bridgehead atoms. The number of ether oxygens (including phenoxy) is 1. The molecule has 0 saturated carbocycles.